The molecule has 7 rings (SSSR count). The fraction of sp³-hybridized carbons (Fsp3) is 0.207. The second-order valence-electron chi connectivity index (χ2n) is 10.1. The summed E-state index contributed by atoms with van der Waals surface area (Å²) in [7, 11) is 0. The van der Waals surface area contributed by atoms with Gasteiger partial charge in [0.25, 0.3) is 0 Å². The Bertz CT molecular complexity index is 1700. The molecule has 200 valence electrons. The second kappa shape index (κ2) is 10.4. The van der Waals surface area contributed by atoms with E-state index in [1.807, 2.05) is 48.7 Å². The molecule has 5 heterocycles. The SMILES string of the molecule is O=C(CC1CN(c2nc3ccccc3s2)C1)Nc1ccc2cc1CCc1cncc(c1)Nc1ncc(Cl)c(n1)N2. The molecule has 2 aromatic carbocycles. The molecule has 3 aromatic heterocycles. The van der Waals surface area contributed by atoms with E-state index >= 15 is 0 Å². The van der Waals surface area contributed by atoms with Crippen LogP contribution in [0.15, 0.2) is 67.1 Å². The third-order valence-electron chi connectivity index (χ3n) is 7.10. The maximum Gasteiger partial charge on any atom is 0.229 e. The van der Waals surface area contributed by atoms with Crippen LogP contribution in [0.2, 0.25) is 5.02 Å². The first kappa shape index (κ1) is 24.7. The minimum atomic E-state index is 0.0187. The molecule has 0 saturated carbocycles. The summed E-state index contributed by atoms with van der Waals surface area (Å²) in [6.07, 6.45) is 7.10. The number of fused-ring (bicyclic) bond motifs is 7. The highest BCUT2D eigenvalue weighted by molar-refractivity contribution is 7.22. The van der Waals surface area contributed by atoms with Crippen molar-refractivity contribution in [3.05, 3.63) is 83.3 Å². The van der Waals surface area contributed by atoms with Crippen molar-refractivity contribution in [2.24, 2.45) is 5.92 Å². The predicted octanol–water partition coefficient (Wildman–Crippen LogP) is 6.19. The highest BCUT2D eigenvalue weighted by atomic mass is 35.5. The first-order chi connectivity index (χ1) is 19.6. The van der Waals surface area contributed by atoms with Crippen LogP contribution in [0.4, 0.5) is 34.0 Å². The summed E-state index contributed by atoms with van der Waals surface area (Å²) < 4.78 is 1.19. The number of anilines is 6. The molecule has 5 aromatic rings. The molecular formula is C29H25ClN8OS. The number of carbonyl (C=O) groups is 1. The van der Waals surface area contributed by atoms with E-state index in [0.29, 0.717) is 29.1 Å². The predicted molar refractivity (Wildman–Crippen MR) is 160 cm³/mol. The van der Waals surface area contributed by atoms with E-state index in [4.69, 9.17) is 16.6 Å². The van der Waals surface area contributed by atoms with Crippen molar-refractivity contribution >= 4 is 73.0 Å². The molecule has 1 saturated heterocycles. The van der Waals surface area contributed by atoms with Crippen LogP contribution in [0.5, 0.6) is 0 Å². The Hall–Kier alpha value is -4.28. The van der Waals surface area contributed by atoms with Gasteiger partial charge in [-0.1, -0.05) is 35.1 Å². The van der Waals surface area contributed by atoms with Gasteiger partial charge in [-0.15, -0.1) is 0 Å². The Balaban J connectivity index is 1.06. The van der Waals surface area contributed by atoms with E-state index in [-0.39, 0.29) is 5.91 Å². The number of hydrogen-bond acceptors (Lipinski definition) is 9. The standard InChI is InChI=1S/C29H25ClN8OS/c30-22-14-32-28-34-21-9-17(12-31-13-21)5-6-19-11-20(33-27(22)37-28)7-8-23(19)35-26(39)10-18-15-38(16-18)29-36-24-3-1-2-4-25(24)40-29/h1-4,7-9,11-14,18H,5-6,10,15-16H2,(H,35,39)(H2,32,33,34,37). The Morgan fingerprint density at radius 2 is 1.93 bits per heavy atom. The van der Waals surface area contributed by atoms with Gasteiger partial charge >= 0.3 is 0 Å². The summed E-state index contributed by atoms with van der Waals surface area (Å²) >= 11 is 8.08. The van der Waals surface area contributed by atoms with Crippen LogP contribution in [0.25, 0.3) is 10.2 Å². The number of nitrogens with one attached hydrogen (secondary N) is 3. The highest BCUT2D eigenvalue weighted by Crippen LogP contribution is 2.34. The van der Waals surface area contributed by atoms with Gasteiger partial charge in [0.1, 0.15) is 5.02 Å². The average Bonchev–Trinajstić information content (AvgIpc) is 3.36. The largest absolute Gasteiger partial charge is 0.347 e. The second-order valence-corrected chi connectivity index (χ2v) is 11.5. The van der Waals surface area contributed by atoms with Gasteiger partial charge in [0.05, 0.1) is 28.3 Å². The summed E-state index contributed by atoms with van der Waals surface area (Å²) in [5, 5.41) is 11.1. The lowest BCUT2D eigenvalue weighted by Crippen LogP contribution is -2.48. The number of aromatic nitrogens is 4. The van der Waals surface area contributed by atoms with E-state index in [2.05, 4.69) is 41.9 Å². The van der Waals surface area contributed by atoms with Crippen molar-refractivity contribution in [3.8, 4) is 0 Å². The fourth-order valence-corrected chi connectivity index (χ4v) is 6.19. The average molecular weight is 569 g/mol. The lowest BCUT2D eigenvalue weighted by Gasteiger charge is -2.38. The van der Waals surface area contributed by atoms with Crippen LogP contribution in [-0.2, 0) is 17.6 Å². The number of nitrogens with zero attached hydrogens (tertiary/aromatic N) is 5. The molecule has 0 atom stereocenters. The van der Waals surface area contributed by atoms with Gasteiger partial charge in [-0.2, -0.15) is 4.98 Å². The Kier molecular flexibility index (Phi) is 6.41. The number of pyridine rings is 1. The van der Waals surface area contributed by atoms with Crippen LogP contribution in [0.1, 0.15) is 17.5 Å². The van der Waals surface area contributed by atoms with Gasteiger partial charge in [-0.05, 0) is 60.4 Å². The van der Waals surface area contributed by atoms with Crippen LogP contribution >= 0.6 is 22.9 Å². The first-order valence-corrected chi connectivity index (χ1v) is 14.3. The van der Waals surface area contributed by atoms with Crippen LogP contribution in [-0.4, -0.2) is 38.9 Å². The number of benzene rings is 2. The molecule has 2 aliphatic rings. The zero-order valence-corrected chi connectivity index (χ0v) is 23.0. The topological polar surface area (TPSA) is 108 Å². The zero-order valence-electron chi connectivity index (χ0n) is 21.4. The summed E-state index contributed by atoms with van der Waals surface area (Å²) in [5.74, 6) is 1.23. The Morgan fingerprint density at radius 3 is 2.83 bits per heavy atom. The quantitative estimate of drug-likeness (QED) is 0.236. The number of carbonyl (C=O) groups excluding carboxylic acids is 1. The summed E-state index contributed by atoms with van der Waals surface area (Å²) in [5.41, 5.74) is 5.55. The van der Waals surface area contributed by atoms with E-state index in [9.17, 15) is 4.79 Å². The lowest BCUT2D eigenvalue weighted by atomic mass is 9.96. The molecule has 0 unspecified atom stereocenters. The van der Waals surface area contributed by atoms with Crippen LogP contribution in [0.3, 0.4) is 0 Å². The molecule has 1 amide bonds. The van der Waals surface area contributed by atoms with Gasteiger partial charge in [-0.3, -0.25) is 9.78 Å². The molecule has 6 bridgehead atoms. The summed E-state index contributed by atoms with van der Waals surface area (Å²) in [6, 6.07) is 16.1. The van der Waals surface area contributed by atoms with Crippen molar-refractivity contribution in [2.75, 3.05) is 33.9 Å². The number of halogens is 1. The number of para-hydroxylation sites is 1. The minimum Gasteiger partial charge on any atom is -0.347 e. The molecule has 0 aliphatic carbocycles. The zero-order chi connectivity index (χ0) is 27.1. The van der Waals surface area contributed by atoms with Gasteiger partial charge in [0, 0.05) is 43.0 Å². The monoisotopic (exact) mass is 568 g/mol. The number of thiazole rings is 1. The van der Waals surface area contributed by atoms with Crippen LogP contribution < -0.4 is 20.9 Å². The minimum absolute atomic E-state index is 0.0187. The molecule has 0 spiro atoms. The fourth-order valence-electron chi connectivity index (χ4n) is 5.07. The number of amides is 1. The summed E-state index contributed by atoms with van der Waals surface area (Å²) in [6.45, 7) is 1.67. The van der Waals surface area contributed by atoms with E-state index in [1.165, 1.54) is 4.70 Å². The van der Waals surface area contributed by atoms with E-state index in [0.717, 1.165) is 64.8 Å². The van der Waals surface area contributed by atoms with Gasteiger partial charge in [-0.25, -0.2) is 9.97 Å². The number of hydrogen-bond donors (Lipinski definition) is 3. The summed E-state index contributed by atoms with van der Waals surface area (Å²) in [4.78, 5) is 33.3. The Labute approximate surface area is 239 Å². The highest BCUT2D eigenvalue weighted by Gasteiger charge is 2.31. The molecule has 0 radical (unpaired) electrons. The van der Waals surface area contributed by atoms with Crippen molar-refractivity contribution < 1.29 is 4.79 Å². The van der Waals surface area contributed by atoms with Crippen molar-refractivity contribution in [1.29, 1.82) is 0 Å². The smallest absolute Gasteiger partial charge is 0.229 e. The third kappa shape index (κ3) is 5.15. The Morgan fingerprint density at radius 1 is 1.02 bits per heavy atom. The molecule has 1 fully saturated rings. The molecule has 11 heteroatoms. The van der Waals surface area contributed by atoms with Gasteiger partial charge in [0.2, 0.25) is 11.9 Å². The lowest BCUT2D eigenvalue weighted by molar-refractivity contribution is -0.117. The van der Waals surface area contributed by atoms with Gasteiger partial charge < -0.3 is 20.9 Å². The van der Waals surface area contributed by atoms with Gasteiger partial charge in [0.15, 0.2) is 10.9 Å². The molecular weight excluding hydrogens is 544 g/mol. The van der Waals surface area contributed by atoms with Crippen molar-refractivity contribution in [2.45, 2.75) is 19.3 Å². The first-order valence-electron chi connectivity index (χ1n) is 13.1. The third-order valence-corrected chi connectivity index (χ3v) is 8.48. The molecule has 9 nitrogen and oxygen atoms in total. The molecule has 40 heavy (non-hydrogen) atoms. The van der Waals surface area contributed by atoms with Crippen molar-refractivity contribution in [1.82, 2.24) is 19.9 Å². The number of aryl methyl sites for hydroxylation is 2. The normalized spacial score (nSPS) is 14.7. The van der Waals surface area contributed by atoms with Crippen LogP contribution in [0, 0.1) is 5.92 Å². The van der Waals surface area contributed by atoms with E-state index in [1.54, 1.807) is 23.7 Å². The van der Waals surface area contributed by atoms with E-state index < -0.39 is 0 Å². The number of rotatable bonds is 4. The molecule has 2 aliphatic heterocycles. The maximum absolute atomic E-state index is 13.1. The van der Waals surface area contributed by atoms with Crippen molar-refractivity contribution in [3.63, 3.8) is 0 Å². The molecule has 3 N–H and O–H groups in total. The maximum atomic E-state index is 13.1.